The lowest BCUT2D eigenvalue weighted by atomic mass is 9.86. The predicted molar refractivity (Wildman–Crippen MR) is 70.4 cm³/mol. The molecule has 1 aromatic heterocycles. The van der Waals surface area contributed by atoms with Crippen LogP contribution in [0.5, 0.6) is 5.88 Å². The molecular formula is C14H22N2O. The van der Waals surface area contributed by atoms with Crippen molar-refractivity contribution in [1.82, 2.24) is 4.98 Å². The van der Waals surface area contributed by atoms with E-state index in [4.69, 9.17) is 4.74 Å². The van der Waals surface area contributed by atoms with Gasteiger partial charge in [-0.2, -0.15) is 0 Å². The fourth-order valence-electron chi connectivity index (χ4n) is 2.44. The van der Waals surface area contributed by atoms with Gasteiger partial charge in [0, 0.05) is 12.1 Å². The van der Waals surface area contributed by atoms with E-state index in [2.05, 4.69) is 23.3 Å². The molecule has 0 aliphatic heterocycles. The van der Waals surface area contributed by atoms with E-state index in [9.17, 15) is 0 Å². The minimum Gasteiger partial charge on any atom is -0.478 e. The van der Waals surface area contributed by atoms with Gasteiger partial charge in [0.2, 0.25) is 5.88 Å². The lowest BCUT2D eigenvalue weighted by molar-refractivity contribution is 0.326. The summed E-state index contributed by atoms with van der Waals surface area (Å²) in [6, 6.07) is 4.59. The molecular weight excluding hydrogens is 212 g/mol. The molecule has 17 heavy (non-hydrogen) atoms. The van der Waals surface area contributed by atoms with Crippen LogP contribution in [0.15, 0.2) is 18.3 Å². The summed E-state index contributed by atoms with van der Waals surface area (Å²) < 4.78 is 5.33. The van der Waals surface area contributed by atoms with Gasteiger partial charge in [0.25, 0.3) is 0 Å². The molecule has 3 nitrogen and oxygen atoms in total. The first kappa shape index (κ1) is 12.2. The number of nitrogens with one attached hydrogen (secondary N) is 1. The summed E-state index contributed by atoms with van der Waals surface area (Å²) in [5.74, 6) is 1.46. The maximum absolute atomic E-state index is 5.33. The summed E-state index contributed by atoms with van der Waals surface area (Å²) in [7, 11) is 0. The summed E-state index contributed by atoms with van der Waals surface area (Å²) >= 11 is 0. The SMILES string of the molecule is CCOc1ccc(NC2CCCCC2C)cn1. The first-order valence-corrected chi connectivity index (χ1v) is 6.65. The third kappa shape index (κ3) is 3.35. The van der Waals surface area contributed by atoms with Crippen LogP contribution in [0.25, 0.3) is 0 Å². The van der Waals surface area contributed by atoms with Crippen molar-refractivity contribution in [2.75, 3.05) is 11.9 Å². The molecule has 1 N–H and O–H groups in total. The molecule has 0 saturated heterocycles. The van der Waals surface area contributed by atoms with E-state index in [1.807, 2.05) is 19.2 Å². The Morgan fingerprint density at radius 1 is 1.35 bits per heavy atom. The van der Waals surface area contributed by atoms with Crippen LogP contribution in [0.1, 0.15) is 39.5 Å². The van der Waals surface area contributed by atoms with Gasteiger partial charge in [-0.25, -0.2) is 4.98 Å². The van der Waals surface area contributed by atoms with Crippen LogP contribution in [0.2, 0.25) is 0 Å². The van der Waals surface area contributed by atoms with Crippen LogP contribution in [-0.4, -0.2) is 17.6 Å². The Balaban J connectivity index is 1.93. The van der Waals surface area contributed by atoms with Gasteiger partial charge in [-0.15, -0.1) is 0 Å². The molecule has 0 aromatic carbocycles. The fraction of sp³-hybridized carbons (Fsp3) is 0.643. The van der Waals surface area contributed by atoms with E-state index in [0.29, 0.717) is 18.5 Å². The summed E-state index contributed by atoms with van der Waals surface area (Å²) in [4.78, 5) is 4.27. The number of aromatic nitrogens is 1. The first-order chi connectivity index (χ1) is 8.29. The summed E-state index contributed by atoms with van der Waals surface area (Å²) in [6.45, 7) is 4.97. The number of rotatable bonds is 4. The largest absolute Gasteiger partial charge is 0.478 e. The number of hydrogen-bond donors (Lipinski definition) is 1. The fourth-order valence-corrected chi connectivity index (χ4v) is 2.44. The van der Waals surface area contributed by atoms with E-state index in [1.165, 1.54) is 25.7 Å². The molecule has 1 aliphatic rings. The average molecular weight is 234 g/mol. The minimum atomic E-state index is 0.600. The van der Waals surface area contributed by atoms with Crippen molar-refractivity contribution in [3.05, 3.63) is 18.3 Å². The normalized spacial score (nSPS) is 24.4. The predicted octanol–water partition coefficient (Wildman–Crippen LogP) is 3.47. The van der Waals surface area contributed by atoms with E-state index in [-0.39, 0.29) is 0 Å². The molecule has 1 saturated carbocycles. The van der Waals surface area contributed by atoms with Gasteiger partial charge in [-0.1, -0.05) is 19.8 Å². The Morgan fingerprint density at radius 2 is 2.18 bits per heavy atom. The third-order valence-electron chi connectivity index (χ3n) is 3.49. The molecule has 1 heterocycles. The Hall–Kier alpha value is -1.25. The monoisotopic (exact) mass is 234 g/mol. The van der Waals surface area contributed by atoms with E-state index < -0.39 is 0 Å². The van der Waals surface area contributed by atoms with Crippen LogP contribution in [0.3, 0.4) is 0 Å². The maximum atomic E-state index is 5.33. The van der Waals surface area contributed by atoms with Gasteiger partial charge in [0.1, 0.15) is 0 Å². The summed E-state index contributed by atoms with van der Waals surface area (Å²) in [6.07, 6.45) is 7.19. The Bertz CT molecular complexity index is 337. The van der Waals surface area contributed by atoms with Crippen molar-refractivity contribution in [2.45, 2.75) is 45.6 Å². The number of anilines is 1. The van der Waals surface area contributed by atoms with Crippen molar-refractivity contribution in [2.24, 2.45) is 5.92 Å². The molecule has 0 radical (unpaired) electrons. The number of nitrogens with zero attached hydrogens (tertiary/aromatic N) is 1. The Labute approximate surface area is 104 Å². The van der Waals surface area contributed by atoms with E-state index in [1.54, 1.807) is 0 Å². The quantitative estimate of drug-likeness (QED) is 0.866. The highest BCUT2D eigenvalue weighted by atomic mass is 16.5. The Morgan fingerprint density at radius 3 is 2.82 bits per heavy atom. The number of ether oxygens (including phenoxy) is 1. The molecule has 0 spiro atoms. The molecule has 1 aromatic rings. The summed E-state index contributed by atoms with van der Waals surface area (Å²) in [5.41, 5.74) is 1.10. The van der Waals surface area contributed by atoms with Gasteiger partial charge < -0.3 is 10.1 Å². The van der Waals surface area contributed by atoms with Crippen LogP contribution in [0, 0.1) is 5.92 Å². The number of pyridine rings is 1. The van der Waals surface area contributed by atoms with Crippen LogP contribution in [0.4, 0.5) is 5.69 Å². The molecule has 3 heteroatoms. The summed E-state index contributed by atoms with van der Waals surface area (Å²) in [5, 5.41) is 3.58. The standard InChI is InChI=1S/C14H22N2O/c1-3-17-14-9-8-12(10-15-14)16-13-7-5-4-6-11(13)2/h8-11,13,16H,3-7H2,1-2H3. The maximum Gasteiger partial charge on any atom is 0.213 e. The molecule has 1 fully saturated rings. The highest BCUT2D eigenvalue weighted by molar-refractivity contribution is 5.43. The highest BCUT2D eigenvalue weighted by Gasteiger charge is 2.20. The van der Waals surface area contributed by atoms with E-state index >= 15 is 0 Å². The zero-order valence-electron chi connectivity index (χ0n) is 10.8. The van der Waals surface area contributed by atoms with Gasteiger partial charge in [-0.05, 0) is 31.7 Å². The molecule has 2 rings (SSSR count). The minimum absolute atomic E-state index is 0.600. The second-order valence-electron chi connectivity index (χ2n) is 4.83. The van der Waals surface area contributed by atoms with Gasteiger partial charge in [-0.3, -0.25) is 0 Å². The molecule has 0 bridgehead atoms. The molecule has 94 valence electrons. The molecule has 0 amide bonds. The van der Waals surface area contributed by atoms with Gasteiger partial charge in [0.05, 0.1) is 18.5 Å². The topological polar surface area (TPSA) is 34.1 Å². The van der Waals surface area contributed by atoms with Crippen molar-refractivity contribution in [3.8, 4) is 5.88 Å². The molecule has 1 aliphatic carbocycles. The lowest BCUT2D eigenvalue weighted by Crippen LogP contribution is -2.30. The van der Waals surface area contributed by atoms with Crippen LogP contribution >= 0.6 is 0 Å². The van der Waals surface area contributed by atoms with Crippen molar-refractivity contribution >= 4 is 5.69 Å². The van der Waals surface area contributed by atoms with Crippen molar-refractivity contribution in [3.63, 3.8) is 0 Å². The zero-order chi connectivity index (χ0) is 12.1. The average Bonchev–Trinajstić information content (AvgIpc) is 2.35. The number of hydrogen-bond acceptors (Lipinski definition) is 3. The Kier molecular flexibility index (Phi) is 4.24. The second-order valence-corrected chi connectivity index (χ2v) is 4.83. The van der Waals surface area contributed by atoms with E-state index in [0.717, 1.165) is 11.6 Å². The van der Waals surface area contributed by atoms with Gasteiger partial charge in [0.15, 0.2) is 0 Å². The van der Waals surface area contributed by atoms with Crippen molar-refractivity contribution < 1.29 is 4.74 Å². The highest BCUT2D eigenvalue weighted by Crippen LogP contribution is 2.26. The first-order valence-electron chi connectivity index (χ1n) is 6.65. The van der Waals surface area contributed by atoms with Crippen LogP contribution in [-0.2, 0) is 0 Å². The van der Waals surface area contributed by atoms with Crippen molar-refractivity contribution in [1.29, 1.82) is 0 Å². The smallest absolute Gasteiger partial charge is 0.213 e. The lowest BCUT2D eigenvalue weighted by Gasteiger charge is -2.30. The second kappa shape index (κ2) is 5.89. The molecule has 2 atom stereocenters. The molecule has 2 unspecified atom stereocenters. The zero-order valence-corrected chi connectivity index (χ0v) is 10.8. The van der Waals surface area contributed by atoms with Gasteiger partial charge >= 0.3 is 0 Å². The van der Waals surface area contributed by atoms with Crippen LogP contribution < -0.4 is 10.1 Å². The third-order valence-corrected chi connectivity index (χ3v) is 3.49.